The van der Waals surface area contributed by atoms with Gasteiger partial charge in [-0.2, -0.15) is 0 Å². The van der Waals surface area contributed by atoms with E-state index in [4.69, 9.17) is 4.74 Å². The van der Waals surface area contributed by atoms with Crippen molar-refractivity contribution in [3.8, 4) is 5.75 Å². The Balaban J connectivity index is 1.85. The summed E-state index contributed by atoms with van der Waals surface area (Å²) in [6.45, 7) is 15.3. The van der Waals surface area contributed by atoms with E-state index in [1.165, 1.54) is 11.1 Å². The molecule has 0 N–H and O–H groups in total. The molecule has 0 unspecified atom stereocenters. The van der Waals surface area contributed by atoms with Gasteiger partial charge >= 0.3 is 5.69 Å². The van der Waals surface area contributed by atoms with Crippen LogP contribution >= 0.6 is 0 Å². The number of hydrogen-bond acceptors (Lipinski definition) is 2. The zero-order valence-corrected chi connectivity index (χ0v) is 16.9. The van der Waals surface area contributed by atoms with E-state index in [0.717, 1.165) is 40.0 Å². The highest BCUT2D eigenvalue weighted by Crippen LogP contribution is 2.23. The molecule has 0 aliphatic carbocycles. The average Bonchev–Trinajstić information content (AvgIpc) is 2.85. The summed E-state index contributed by atoms with van der Waals surface area (Å²) >= 11 is 0. The van der Waals surface area contributed by atoms with E-state index in [2.05, 4.69) is 58.5 Å². The summed E-state index contributed by atoms with van der Waals surface area (Å²) in [4.78, 5) is 12.9. The zero-order valence-electron chi connectivity index (χ0n) is 16.9. The van der Waals surface area contributed by atoms with Crippen LogP contribution in [0.1, 0.15) is 35.6 Å². The van der Waals surface area contributed by atoms with Gasteiger partial charge in [-0.05, 0) is 75.4 Å². The molecule has 0 saturated heterocycles. The molecule has 0 spiro atoms. The lowest BCUT2D eigenvalue weighted by molar-refractivity contribution is 0.298. The average molecular weight is 364 g/mol. The first-order chi connectivity index (χ1) is 12.8. The highest BCUT2D eigenvalue weighted by molar-refractivity contribution is 5.81. The Morgan fingerprint density at radius 2 is 1.59 bits per heavy atom. The number of fused-ring (bicyclic) bond motifs is 1. The van der Waals surface area contributed by atoms with Crippen LogP contribution in [0.3, 0.4) is 0 Å². The molecule has 2 aromatic carbocycles. The highest BCUT2D eigenvalue weighted by atomic mass is 16.5. The summed E-state index contributed by atoms with van der Waals surface area (Å²) in [6.07, 6.45) is 0.760. The standard InChI is InChI=1S/C23H28N2O2/c1-15(2)25-21-14-19(6)18(5)13-20(21)24(23(25)26)11-8-12-27-22-16(3)9-7-10-17(22)4/h7,9-10,13-14H,1,8,11-12H2,2-6H3. The Morgan fingerprint density at radius 3 is 2.19 bits per heavy atom. The number of benzene rings is 2. The number of hydrogen-bond donors (Lipinski definition) is 0. The lowest BCUT2D eigenvalue weighted by atomic mass is 10.1. The van der Waals surface area contributed by atoms with Gasteiger partial charge in [-0.25, -0.2) is 4.79 Å². The fraction of sp³-hybridized carbons (Fsp3) is 0.348. The number of aromatic nitrogens is 2. The molecule has 0 aliphatic rings. The minimum Gasteiger partial charge on any atom is -0.493 e. The first kappa shape index (κ1) is 19.0. The van der Waals surface area contributed by atoms with E-state index < -0.39 is 0 Å². The van der Waals surface area contributed by atoms with Crippen LogP contribution in [0.15, 0.2) is 41.7 Å². The van der Waals surface area contributed by atoms with Crippen molar-refractivity contribution in [3.63, 3.8) is 0 Å². The van der Waals surface area contributed by atoms with Crippen molar-refractivity contribution >= 4 is 16.7 Å². The lowest BCUT2D eigenvalue weighted by Gasteiger charge is -2.12. The molecule has 0 saturated carbocycles. The molecule has 0 aliphatic heterocycles. The third-order valence-electron chi connectivity index (χ3n) is 5.11. The Labute approximate surface area is 160 Å². The predicted molar refractivity (Wildman–Crippen MR) is 113 cm³/mol. The molecule has 0 atom stereocenters. The smallest absolute Gasteiger partial charge is 0.333 e. The van der Waals surface area contributed by atoms with Crippen molar-refractivity contribution in [2.24, 2.45) is 0 Å². The maximum absolute atomic E-state index is 12.9. The number of aryl methyl sites for hydroxylation is 5. The molecule has 0 amide bonds. The molecule has 27 heavy (non-hydrogen) atoms. The molecular formula is C23H28N2O2. The second-order valence-electron chi connectivity index (χ2n) is 7.35. The number of rotatable bonds is 6. The van der Waals surface area contributed by atoms with Crippen molar-refractivity contribution < 1.29 is 4.74 Å². The normalized spacial score (nSPS) is 11.1. The molecule has 3 aromatic rings. The Morgan fingerprint density at radius 1 is 1.00 bits per heavy atom. The Kier molecular flexibility index (Phi) is 5.26. The van der Waals surface area contributed by atoms with E-state index in [1.807, 2.05) is 17.6 Å². The minimum absolute atomic E-state index is 0.0328. The number of ether oxygens (including phenoxy) is 1. The molecular weight excluding hydrogens is 336 g/mol. The van der Waals surface area contributed by atoms with Gasteiger partial charge in [-0.15, -0.1) is 0 Å². The molecule has 1 heterocycles. The van der Waals surface area contributed by atoms with Gasteiger partial charge in [-0.1, -0.05) is 24.8 Å². The largest absolute Gasteiger partial charge is 0.493 e. The van der Waals surface area contributed by atoms with Gasteiger partial charge in [0.2, 0.25) is 0 Å². The van der Waals surface area contributed by atoms with Gasteiger partial charge in [0, 0.05) is 12.2 Å². The maximum atomic E-state index is 12.9. The third-order valence-corrected chi connectivity index (χ3v) is 5.11. The quantitative estimate of drug-likeness (QED) is 0.577. The van der Waals surface area contributed by atoms with Crippen molar-refractivity contribution in [3.05, 3.63) is 69.6 Å². The van der Waals surface area contributed by atoms with Crippen LogP contribution in [0, 0.1) is 27.7 Å². The summed E-state index contributed by atoms with van der Waals surface area (Å²) in [5.74, 6) is 0.945. The molecule has 0 fully saturated rings. The van der Waals surface area contributed by atoms with E-state index in [-0.39, 0.29) is 5.69 Å². The van der Waals surface area contributed by atoms with Crippen molar-refractivity contribution in [1.29, 1.82) is 0 Å². The van der Waals surface area contributed by atoms with Crippen molar-refractivity contribution in [2.45, 2.75) is 47.6 Å². The number of para-hydroxylation sites is 1. The first-order valence-corrected chi connectivity index (χ1v) is 9.38. The monoisotopic (exact) mass is 364 g/mol. The van der Waals surface area contributed by atoms with E-state index in [1.54, 1.807) is 4.57 Å². The van der Waals surface area contributed by atoms with Crippen LogP contribution in [0.4, 0.5) is 0 Å². The molecule has 1 aromatic heterocycles. The van der Waals surface area contributed by atoms with E-state index in [9.17, 15) is 4.79 Å². The fourth-order valence-corrected chi connectivity index (χ4v) is 3.52. The summed E-state index contributed by atoms with van der Waals surface area (Å²) in [5, 5.41) is 0. The molecule has 142 valence electrons. The molecule has 0 bridgehead atoms. The van der Waals surface area contributed by atoms with Crippen molar-refractivity contribution in [2.75, 3.05) is 6.61 Å². The Bertz CT molecular complexity index is 1050. The van der Waals surface area contributed by atoms with Crippen LogP contribution in [-0.4, -0.2) is 15.7 Å². The van der Waals surface area contributed by atoms with Crippen LogP contribution in [-0.2, 0) is 6.54 Å². The van der Waals surface area contributed by atoms with Gasteiger partial charge in [0.1, 0.15) is 5.75 Å². The fourth-order valence-electron chi connectivity index (χ4n) is 3.52. The number of nitrogens with zero attached hydrogens (tertiary/aromatic N) is 2. The Hall–Kier alpha value is -2.75. The SMILES string of the molecule is C=C(C)n1c(=O)n(CCCOc2c(C)cccc2C)c2cc(C)c(C)cc21. The maximum Gasteiger partial charge on any atom is 0.333 e. The first-order valence-electron chi connectivity index (χ1n) is 9.38. The topological polar surface area (TPSA) is 36.2 Å². The molecule has 4 heteroatoms. The molecule has 4 nitrogen and oxygen atoms in total. The van der Waals surface area contributed by atoms with Crippen LogP contribution in [0.2, 0.25) is 0 Å². The second kappa shape index (κ2) is 7.47. The number of allylic oxidation sites excluding steroid dienone is 1. The van der Waals surface area contributed by atoms with Crippen LogP contribution in [0.25, 0.3) is 16.7 Å². The zero-order chi connectivity index (χ0) is 19.7. The highest BCUT2D eigenvalue weighted by Gasteiger charge is 2.15. The van der Waals surface area contributed by atoms with Gasteiger partial charge in [0.15, 0.2) is 0 Å². The van der Waals surface area contributed by atoms with Gasteiger partial charge in [-0.3, -0.25) is 9.13 Å². The minimum atomic E-state index is -0.0328. The van der Waals surface area contributed by atoms with Crippen LogP contribution in [0.5, 0.6) is 5.75 Å². The van der Waals surface area contributed by atoms with Crippen molar-refractivity contribution in [1.82, 2.24) is 9.13 Å². The summed E-state index contributed by atoms with van der Waals surface area (Å²) in [7, 11) is 0. The van der Waals surface area contributed by atoms with Gasteiger partial charge in [0.05, 0.1) is 17.6 Å². The number of imidazole rings is 1. The summed E-state index contributed by atoms with van der Waals surface area (Å²) in [5.41, 5.74) is 7.21. The predicted octanol–water partition coefficient (Wildman–Crippen LogP) is 5.00. The summed E-state index contributed by atoms with van der Waals surface area (Å²) < 4.78 is 9.54. The second-order valence-corrected chi connectivity index (χ2v) is 7.35. The third kappa shape index (κ3) is 3.57. The van der Waals surface area contributed by atoms with E-state index >= 15 is 0 Å². The molecule has 0 radical (unpaired) electrons. The lowest BCUT2D eigenvalue weighted by Crippen LogP contribution is -2.24. The van der Waals surface area contributed by atoms with Gasteiger partial charge in [0.25, 0.3) is 0 Å². The van der Waals surface area contributed by atoms with Crippen LogP contribution < -0.4 is 10.4 Å². The molecule has 3 rings (SSSR count). The van der Waals surface area contributed by atoms with E-state index in [0.29, 0.717) is 13.2 Å². The van der Waals surface area contributed by atoms with Gasteiger partial charge < -0.3 is 4.74 Å². The summed E-state index contributed by atoms with van der Waals surface area (Å²) in [6, 6.07) is 10.3.